The lowest BCUT2D eigenvalue weighted by Gasteiger charge is -2.43. The summed E-state index contributed by atoms with van der Waals surface area (Å²) in [5.74, 6) is 0. The molecule has 0 saturated carbocycles. The number of aliphatic hydroxyl groups is 1. The van der Waals surface area contributed by atoms with Gasteiger partial charge in [-0.25, -0.2) is 0 Å². The quantitative estimate of drug-likeness (QED) is 0.777. The van der Waals surface area contributed by atoms with Crippen molar-refractivity contribution in [2.75, 3.05) is 6.54 Å². The average Bonchev–Trinajstić information content (AvgIpc) is 2.40. The zero-order valence-electron chi connectivity index (χ0n) is 10.3. The third-order valence-electron chi connectivity index (χ3n) is 4.37. The van der Waals surface area contributed by atoms with Crippen LogP contribution >= 0.6 is 0 Å². The summed E-state index contributed by atoms with van der Waals surface area (Å²) in [6.07, 6.45) is 6.71. The molecule has 0 amide bonds. The lowest BCUT2D eigenvalue weighted by molar-refractivity contribution is -0.0272. The van der Waals surface area contributed by atoms with Crippen LogP contribution in [0.2, 0.25) is 0 Å². The van der Waals surface area contributed by atoms with E-state index >= 15 is 0 Å². The van der Waals surface area contributed by atoms with Crippen molar-refractivity contribution in [3.8, 4) is 0 Å². The summed E-state index contributed by atoms with van der Waals surface area (Å²) >= 11 is 0. The van der Waals surface area contributed by atoms with E-state index in [4.69, 9.17) is 0 Å². The maximum Gasteiger partial charge on any atom is 0.105 e. The number of fused-ring (bicyclic) bond motifs is 1. The standard InChI is InChI=1S/C15H21NO/c17-15(14-9-3-4-11-16-14)10-5-7-12-6-1-2-8-13(12)15/h1-2,6,8,14,16-17H,3-5,7,9-11H2. The number of benzene rings is 1. The molecule has 1 aliphatic carbocycles. The first-order valence-corrected chi connectivity index (χ1v) is 6.85. The van der Waals surface area contributed by atoms with Gasteiger partial charge in [0.05, 0.1) is 0 Å². The maximum atomic E-state index is 11.1. The van der Waals surface area contributed by atoms with Gasteiger partial charge in [-0.05, 0) is 49.8 Å². The molecular weight excluding hydrogens is 210 g/mol. The minimum atomic E-state index is -0.630. The van der Waals surface area contributed by atoms with Gasteiger partial charge in [0.2, 0.25) is 0 Å². The first kappa shape index (κ1) is 11.2. The number of piperidine rings is 1. The summed E-state index contributed by atoms with van der Waals surface area (Å²) in [6, 6.07) is 8.67. The van der Waals surface area contributed by atoms with Crippen LogP contribution < -0.4 is 5.32 Å². The van der Waals surface area contributed by atoms with Crippen molar-refractivity contribution in [2.45, 2.75) is 50.2 Å². The van der Waals surface area contributed by atoms with Gasteiger partial charge in [0.1, 0.15) is 5.60 Å². The first-order valence-electron chi connectivity index (χ1n) is 6.85. The topological polar surface area (TPSA) is 32.3 Å². The van der Waals surface area contributed by atoms with Crippen LogP contribution in [0.5, 0.6) is 0 Å². The summed E-state index contributed by atoms with van der Waals surface area (Å²) in [5.41, 5.74) is 1.88. The molecule has 1 aliphatic heterocycles. The third-order valence-corrected chi connectivity index (χ3v) is 4.37. The Hall–Kier alpha value is -0.860. The molecule has 1 aromatic carbocycles. The fourth-order valence-corrected chi connectivity index (χ4v) is 3.47. The fraction of sp³-hybridized carbons (Fsp3) is 0.600. The van der Waals surface area contributed by atoms with Crippen LogP contribution in [0, 0.1) is 0 Å². The number of hydrogen-bond acceptors (Lipinski definition) is 2. The second-order valence-corrected chi connectivity index (χ2v) is 5.44. The highest BCUT2D eigenvalue weighted by atomic mass is 16.3. The predicted molar refractivity (Wildman–Crippen MR) is 68.9 cm³/mol. The van der Waals surface area contributed by atoms with E-state index in [1.54, 1.807) is 0 Å². The highest BCUT2D eigenvalue weighted by molar-refractivity contribution is 5.36. The van der Waals surface area contributed by atoms with Crippen LogP contribution in [-0.4, -0.2) is 17.7 Å². The van der Waals surface area contributed by atoms with Crippen molar-refractivity contribution < 1.29 is 5.11 Å². The minimum absolute atomic E-state index is 0.248. The average molecular weight is 231 g/mol. The molecule has 0 spiro atoms. The number of aryl methyl sites for hydroxylation is 1. The van der Waals surface area contributed by atoms with Gasteiger partial charge in [-0.15, -0.1) is 0 Å². The van der Waals surface area contributed by atoms with Crippen LogP contribution in [0.1, 0.15) is 43.2 Å². The summed E-state index contributed by atoms with van der Waals surface area (Å²) in [7, 11) is 0. The molecule has 2 aliphatic rings. The van der Waals surface area contributed by atoms with E-state index in [9.17, 15) is 5.11 Å². The lowest BCUT2D eigenvalue weighted by Crippen LogP contribution is -2.52. The number of nitrogens with one attached hydrogen (secondary N) is 1. The Labute approximate surface area is 103 Å². The zero-order valence-corrected chi connectivity index (χ0v) is 10.3. The van der Waals surface area contributed by atoms with Gasteiger partial charge in [0, 0.05) is 6.04 Å². The van der Waals surface area contributed by atoms with Crippen molar-refractivity contribution in [3.63, 3.8) is 0 Å². The Morgan fingerprint density at radius 3 is 2.88 bits per heavy atom. The third kappa shape index (κ3) is 1.90. The van der Waals surface area contributed by atoms with Crippen LogP contribution in [0.25, 0.3) is 0 Å². The second-order valence-electron chi connectivity index (χ2n) is 5.44. The van der Waals surface area contributed by atoms with Crippen LogP contribution in [0.3, 0.4) is 0 Å². The van der Waals surface area contributed by atoms with Crippen molar-refractivity contribution >= 4 is 0 Å². The predicted octanol–water partition coefficient (Wildman–Crippen LogP) is 2.35. The van der Waals surface area contributed by atoms with E-state index < -0.39 is 5.60 Å². The van der Waals surface area contributed by atoms with E-state index in [2.05, 4.69) is 29.6 Å². The highest BCUT2D eigenvalue weighted by Crippen LogP contribution is 2.39. The Bertz CT molecular complexity index is 398. The molecule has 1 fully saturated rings. The van der Waals surface area contributed by atoms with Gasteiger partial charge in [-0.2, -0.15) is 0 Å². The van der Waals surface area contributed by atoms with Gasteiger partial charge in [0.15, 0.2) is 0 Å². The van der Waals surface area contributed by atoms with Gasteiger partial charge in [-0.1, -0.05) is 30.7 Å². The molecule has 3 rings (SSSR count). The second kappa shape index (κ2) is 4.43. The molecule has 2 nitrogen and oxygen atoms in total. The molecule has 2 atom stereocenters. The van der Waals surface area contributed by atoms with Gasteiger partial charge in [0.25, 0.3) is 0 Å². The van der Waals surface area contributed by atoms with Crippen molar-refractivity contribution in [2.24, 2.45) is 0 Å². The van der Waals surface area contributed by atoms with Gasteiger partial charge < -0.3 is 10.4 Å². The summed E-state index contributed by atoms with van der Waals surface area (Å²) in [5, 5.41) is 14.6. The van der Waals surface area contributed by atoms with E-state index in [1.807, 2.05) is 0 Å². The molecule has 0 aromatic heterocycles. The zero-order chi connectivity index (χ0) is 11.7. The summed E-state index contributed by atoms with van der Waals surface area (Å²) < 4.78 is 0. The van der Waals surface area contributed by atoms with E-state index in [0.717, 1.165) is 32.2 Å². The van der Waals surface area contributed by atoms with Crippen molar-refractivity contribution in [3.05, 3.63) is 35.4 Å². The largest absolute Gasteiger partial charge is 0.384 e. The molecule has 0 radical (unpaired) electrons. The normalized spacial score (nSPS) is 33.1. The SMILES string of the molecule is OC1(C2CCCCN2)CCCc2ccccc21. The molecule has 2 heteroatoms. The van der Waals surface area contributed by atoms with Crippen molar-refractivity contribution in [1.82, 2.24) is 5.32 Å². The van der Waals surface area contributed by atoms with Crippen LogP contribution in [0.4, 0.5) is 0 Å². The molecule has 1 saturated heterocycles. The molecule has 92 valence electrons. The summed E-state index contributed by atoms with van der Waals surface area (Å²) in [6.45, 7) is 1.05. The van der Waals surface area contributed by atoms with Gasteiger partial charge >= 0.3 is 0 Å². The summed E-state index contributed by atoms with van der Waals surface area (Å²) in [4.78, 5) is 0. The van der Waals surface area contributed by atoms with Crippen molar-refractivity contribution in [1.29, 1.82) is 0 Å². The van der Waals surface area contributed by atoms with Crippen LogP contribution in [0.15, 0.2) is 24.3 Å². The van der Waals surface area contributed by atoms with E-state index in [-0.39, 0.29) is 6.04 Å². The Kier molecular flexibility index (Phi) is 2.93. The molecule has 2 N–H and O–H groups in total. The smallest absolute Gasteiger partial charge is 0.105 e. The Morgan fingerprint density at radius 1 is 1.18 bits per heavy atom. The monoisotopic (exact) mass is 231 g/mol. The molecule has 1 aromatic rings. The molecule has 1 heterocycles. The molecule has 2 unspecified atom stereocenters. The van der Waals surface area contributed by atoms with Crippen LogP contribution in [-0.2, 0) is 12.0 Å². The lowest BCUT2D eigenvalue weighted by atomic mass is 9.73. The molecule has 17 heavy (non-hydrogen) atoms. The minimum Gasteiger partial charge on any atom is -0.384 e. The maximum absolute atomic E-state index is 11.1. The Morgan fingerprint density at radius 2 is 2.06 bits per heavy atom. The first-order chi connectivity index (χ1) is 8.31. The highest BCUT2D eigenvalue weighted by Gasteiger charge is 2.41. The molecule has 0 bridgehead atoms. The number of rotatable bonds is 1. The Balaban J connectivity index is 1.96. The number of hydrogen-bond donors (Lipinski definition) is 2. The fourth-order valence-electron chi connectivity index (χ4n) is 3.47. The van der Waals surface area contributed by atoms with E-state index in [1.165, 1.54) is 24.0 Å². The van der Waals surface area contributed by atoms with E-state index in [0.29, 0.717) is 0 Å². The van der Waals surface area contributed by atoms with Gasteiger partial charge in [-0.3, -0.25) is 0 Å². The molecular formula is C15H21NO.